The first-order chi connectivity index (χ1) is 12.9. The zero-order valence-electron chi connectivity index (χ0n) is 14.8. The summed E-state index contributed by atoms with van der Waals surface area (Å²) < 4.78 is 33.5. The van der Waals surface area contributed by atoms with Gasteiger partial charge in [-0.2, -0.15) is 5.26 Å². The van der Waals surface area contributed by atoms with Crippen LogP contribution in [0.2, 0.25) is 0 Å². The van der Waals surface area contributed by atoms with Crippen LogP contribution in [0, 0.1) is 11.3 Å². The van der Waals surface area contributed by atoms with Gasteiger partial charge in [0.1, 0.15) is 0 Å². The normalized spacial score (nSPS) is 17.1. The van der Waals surface area contributed by atoms with E-state index in [1.165, 1.54) is 0 Å². The first kappa shape index (κ1) is 17.6. The van der Waals surface area contributed by atoms with Gasteiger partial charge >= 0.3 is 0 Å². The Bertz CT molecular complexity index is 1140. The van der Waals surface area contributed by atoms with E-state index < -0.39 is 10.0 Å². The van der Waals surface area contributed by atoms with Crippen molar-refractivity contribution in [3.63, 3.8) is 0 Å². The zero-order chi connectivity index (χ0) is 19.0. The van der Waals surface area contributed by atoms with Crippen LogP contribution in [0.1, 0.15) is 18.0 Å². The number of ether oxygens (including phenoxy) is 1. The molecule has 2 heterocycles. The number of fused-ring (bicyclic) bond motifs is 1. The van der Waals surface area contributed by atoms with Crippen LogP contribution in [0.4, 0.5) is 5.69 Å². The third-order valence-corrected chi connectivity index (χ3v) is 5.37. The van der Waals surface area contributed by atoms with Gasteiger partial charge in [0.05, 0.1) is 41.7 Å². The maximum absolute atomic E-state index is 11.6. The van der Waals surface area contributed by atoms with Crippen molar-refractivity contribution in [2.75, 3.05) is 24.2 Å². The summed E-state index contributed by atoms with van der Waals surface area (Å²) in [5.74, 6) is 0. The number of hydrogen-bond donors (Lipinski definition) is 1. The van der Waals surface area contributed by atoms with Crippen molar-refractivity contribution in [2.24, 2.45) is 0 Å². The molecule has 3 aromatic rings. The summed E-state index contributed by atoms with van der Waals surface area (Å²) in [6, 6.07) is 15.4. The predicted molar refractivity (Wildman–Crippen MR) is 105 cm³/mol. The summed E-state index contributed by atoms with van der Waals surface area (Å²) in [6.45, 7) is 1.36. The Labute approximate surface area is 158 Å². The second-order valence-corrected chi connectivity index (χ2v) is 8.51. The molecule has 0 saturated carbocycles. The molecular weight excluding hydrogens is 362 g/mol. The van der Waals surface area contributed by atoms with E-state index in [1.807, 2.05) is 24.3 Å². The molecule has 4 rings (SSSR count). The van der Waals surface area contributed by atoms with Crippen LogP contribution in [-0.2, 0) is 14.8 Å². The fourth-order valence-electron chi connectivity index (χ4n) is 3.53. The first-order valence-electron chi connectivity index (χ1n) is 8.65. The van der Waals surface area contributed by atoms with Crippen molar-refractivity contribution in [3.05, 3.63) is 54.2 Å². The molecule has 7 heteroatoms. The topological polar surface area (TPSA) is 84.1 Å². The molecule has 6 nitrogen and oxygen atoms in total. The molecule has 1 aliphatic rings. The Balaban J connectivity index is 1.87. The van der Waals surface area contributed by atoms with Crippen LogP contribution in [0.3, 0.4) is 0 Å². The SMILES string of the molecule is CS(=O)(=O)Nc1ccc2c(-c3ccc(C#N)cc3)cn(C3CCOC3)c2c1. The van der Waals surface area contributed by atoms with E-state index in [-0.39, 0.29) is 6.04 Å². The third-order valence-electron chi connectivity index (χ3n) is 4.76. The number of aromatic nitrogens is 1. The smallest absolute Gasteiger partial charge is 0.229 e. The maximum atomic E-state index is 11.6. The van der Waals surface area contributed by atoms with E-state index in [2.05, 4.69) is 21.6 Å². The molecule has 0 radical (unpaired) electrons. The quantitative estimate of drug-likeness (QED) is 0.749. The number of nitrogens with one attached hydrogen (secondary N) is 1. The summed E-state index contributed by atoms with van der Waals surface area (Å²) in [4.78, 5) is 0. The highest BCUT2D eigenvalue weighted by Crippen LogP contribution is 2.36. The molecule has 1 unspecified atom stereocenters. The van der Waals surface area contributed by atoms with Gasteiger partial charge in [0.25, 0.3) is 0 Å². The molecule has 1 N–H and O–H groups in total. The van der Waals surface area contributed by atoms with Crippen LogP contribution < -0.4 is 4.72 Å². The number of nitriles is 1. The van der Waals surface area contributed by atoms with Crippen molar-refractivity contribution in [2.45, 2.75) is 12.5 Å². The van der Waals surface area contributed by atoms with Crippen molar-refractivity contribution < 1.29 is 13.2 Å². The molecule has 0 aliphatic carbocycles. The largest absolute Gasteiger partial charge is 0.379 e. The number of nitrogens with zero attached hydrogens (tertiary/aromatic N) is 2. The van der Waals surface area contributed by atoms with Crippen LogP contribution in [0.25, 0.3) is 22.0 Å². The molecule has 1 aromatic heterocycles. The Morgan fingerprint density at radius 1 is 1.22 bits per heavy atom. The van der Waals surface area contributed by atoms with Crippen LogP contribution in [0.5, 0.6) is 0 Å². The number of anilines is 1. The van der Waals surface area contributed by atoms with Gasteiger partial charge in [0.2, 0.25) is 10.0 Å². The first-order valence-corrected chi connectivity index (χ1v) is 10.5. The lowest BCUT2D eigenvalue weighted by Crippen LogP contribution is -2.10. The average molecular weight is 381 g/mol. The lowest BCUT2D eigenvalue weighted by atomic mass is 10.0. The molecule has 0 bridgehead atoms. The fraction of sp³-hybridized carbons (Fsp3) is 0.250. The predicted octanol–water partition coefficient (Wildman–Crippen LogP) is 3.51. The van der Waals surface area contributed by atoms with E-state index in [0.29, 0.717) is 17.9 Å². The summed E-state index contributed by atoms with van der Waals surface area (Å²) in [5.41, 5.74) is 4.17. The van der Waals surface area contributed by atoms with E-state index in [0.717, 1.165) is 41.3 Å². The number of rotatable bonds is 4. The summed E-state index contributed by atoms with van der Waals surface area (Å²) >= 11 is 0. The van der Waals surface area contributed by atoms with Gasteiger partial charge in [0, 0.05) is 23.8 Å². The van der Waals surface area contributed by atoms with E-state index in [1.54, 1.807) is 18.2 Å². The summed E-state index contributed by atoms with van der Waals surface area (Å²) in [5, 5.41) is 10.1. The van der Waals surface area contributed by atoms with Gasteiger partial charge in [-0.25, -0.2) is 8.42 Å². The highest BCUT2D eigenvalue weighted by Gasteiger charge is 2.21. The summed E-state index contributed by atoms with van der Waals surface area (Å²) in [6.07, 6.45) is 4.15. The molecule has 27 heavy (non-hydrogen) atoms. The molecule has 1 fully saturated rings. The highest BCUT2D eigenvalue weighted by atomic mass is 32.2. The minimum atomic E-state index is -3.35. The zero-order valence-corrected chi connectivity index (χ0v) is 15.7. The molecule has 1 saturated heterocycles. The molecule has 138 valence electrons. The van der Waals surface area contributed by atoms with Gasteiger partial charge in [-0.05, 0) is 36.2 Å². The molecule has 1 atom stereocenters. The minimum absolute atomic E-state index is 0.216. The highest BCUT2D eigenvalue weighted by molar-refractivity contribution is 7.92. The van der Waals surface area contributed by atoms with Gasteiger partial charge in [-0.3, -0.25) is 4.72 Å². The second kappa shape index (κ2) is 6.72. The van der Waals surface area contributed by atoms with Crippen LogP contribution in [0.15, 0.2) is 48.7 Å². The molecule has 0 spiro atoms. The Morgan fingerprint density at radius 2 is 2.00 bits per heavy atom. The summed E-state index contributed by atoms with van der Waals surface area (Å²) in [7, 11) is -3.35. The standard InChI is InChI=1S/C20H19N3O3S/c1-27(24,25)22-16-6-7-18-19(15-4-2-14(11-21)3-5-15)12-23(20(18)10-16)17-8-9-26-13-17/h2-7,10,12,17,22H,8-9,13H2,1H3. The van der Waals surface area contributed by atoms with E-state index in [4.69, 9.17) is 10.00 Å². The Kier molecular flexibility index (Phi) is 4.38. The van der Waals surface area contributed by atoms with Gasteiger partial charge in [0.15, 0.2) is 0 Å². The maximum Gasteiger partial charge on any atom is 0.229 e. The van der Waals surface area contributed by atoms with Crippen LogP contribution in [-0.4, -0.2) is 32.5 Å². The molecular formula is C20H19N3O3S. The average Bonchev–Trinajstić information content (AvgIpc) is 3.27. The number of benzene rings is 2. The monoisotopic (exact) mass is 381 g/mol. The second-order valence-electron chi connectivity index (χ2n) is 6.76. The molecule has 1 aliphatic heterocycles. The van der Waals surface area contributed by atoms with Crippen molar-refractivity contribution in [1.82, 2.24) is 4.57 Å². The molecule has 2 aromatic carbocycles. The number of hydrogen-bond acceptors (Lipinski definition) is 4. The van der Waals surface area contributed by atoms with Crippen molar-refractivity contribution >= 4 is 26.6 Å². The van der Waals surface area contributed by atoms with Gasteiger partial charge < -0.3 is 9.30 Å². The van der Waals surface area contributed by atoms with Gasteiger partial charge in [-0.1, -0.05) is 18.2 Å². The van der Waals surface area contributed by atoms with E-state index >= 15 is 0 Å². The molecule has 0 amide bonds. The number of sulfonamides is 1. The fourth-order valence-corrected chi connectivity index (χ4v) is 4.08. The lowest BCUT2D eigenvalue weighted by molar-refractivity contribution is 0.187. The lowest BCUT2D eigenvalue weighted by Gasteiger charge is -2.12. The van der Waals surface area contributed by atoms with Gasteiger partial charge in [-0.15, -0.1) is 0 Å². The van der Waals surface area contributed by atoms with E-state index in [9.17, 15) is 8.42 Å². The van der Waals surface area contributed by atoms with Crippen molar-refractivity contribution in [3.8, 4) is 17.2 Å². The Hall–Kier alpha value is -2.82. The third kappa shape index (κ3) is 3.54. The van der Waals surface area contributed by atoms with Crippen molar-refractivity contribution in [1.29, 1.82) is 5.26 Å². The Morgan fingerprint density at radius 3 is 2.63 bits per heavy atom. The van der Waals surface area contributed by atoms with Crippen LogP contribution >= 0.6 is 0 Å². The minimum Gasteiger partial charge on any atom is -0.379 e.